The van der Waals surface area contributed by atoms with E-state index in [-0.39, 0.29) is 6.61 Å². The van der Waals surface area contributed by atoms with Crippen LogP contribution < -0.4 is 10.5 Å². The van der Waals surface area contributed by atoms with E-state index in [0.29, 0.717) is 22.4 Å². The topological polar surface area (TPSA) is 81.5 Å². The van der Waals surface area contributed by atoms with Crippen molar-refractivity contribution >= 4 is 17.4 Å². The molecule has 96 valence electrons. The summed E-state index contributed by atoms with van der Waals surface area (Å²) in [7, 11) is 0. The van der Waals surface area contributed by atoms with Gasteiger partial charge in [0.05, 0.1) is 18.0 Å². The van der Waals surface area contributed by atoms with Gasteiger partial charge in [-0.05, 0) is 12.1 Å². The number of hydrogen-bond donors (Lipinski definition) is 2. The molecule has 6 heteroatoms. The van der Waals surface area contributed by atoms with E-state index >= 15 is 0 Å². The van der Waals surface area contributed by atoms with Crippen molar-refractivity contribution in [1.82, 2.24) is 4.98 Å². The molecular formula is C12H14N2O3S. The van der Waals surface area contributed by atoms with E-state index in [1.165, 1.54) is 18.0 Å². The number of oxazole rings is 1. The Kier molecular flexibility index (Phi) is 4.49. The number of hydrogen-bond acceptors (Lipinski definition) is 6. The van der Waals surface area contributed by atoms with Gasteiger partial charge in [0.2, 0.25) is 0 Å². The lowest BCUT2D eigenvalue weighted by Crippen LogP contribution is -2.20. The molecule has 1 aromatic heterocycles. The van der Waals surface area contributed by atoms with E-state index in [1.54, 1.807) is 18.3 Å². The molecule has 0 spiro atoms. The molecule has 0 saturated heterocycles. The number of aliphatic hydroxyl groups excluding tert-OH is 1. The third-order valence-corrected chi connectivity index (χ3v) is 3.16. The summed E-state index contributed by atoms with van der Waals surface area (Å²) in [5.74, 6) is 1.03. The van der Waals surface area contributed by atoms with Crippen LogP contribution in [0, 0.1) is 0 Å². The predicted molar refractivity (Wildman–Crippen MR) is 69.6 cm³/mol. The highest BCUT2D eigenvalue weighted by Gasteiger charge is 2.09. The van der Waals surface area contributed by atoms with Gasteiger partial charge in [0, 0.05) is 5.75 Å². The lowest BCUT2D eigenvalue weighted by atomic mass is 10.3. The molecule has 0 amide bonds. The Hall–Kier alpha value is -1.66. The number of anilines is 1. The Bertz CT molecular complexity index is 476. The first-order valence-corrected chi connectivity index (χ1v) is 6.42. The Morgan fingerprint density at radius 1 is 1.44 bits per heavy atom. The van der Waals surface area contributed by atoms with Crippen LogP contribution in [-0.2, 0) is 0 Å². The van der Waals surface area contributed by atoms with Crippen molar-refractivity contribution in [3.63, 3.8) is 0 Å². The van der Waals surface area contributed by atoms with Gasteiger partial charge in [-0.3, -0.25) is 0 Å². The standard InChI is InChI=1S/C12H14N2O3S/c13-10-3-1-2-4-11(10)17-7-9(15)8-18-12-14-5-6-16-12/h1-6,9,15H,7-8,13H2. The van der Waals surface area contributed by atoms with Crippen molar-refractivity contribution in [3.8, 4) is 5.75 Å². The molecule has 0 aliphatic rings. The van der Waals surface area contributed by atoms with Crippen LogP contribution in [0.1, 0.15) is 0 Å². The van der Waals surface area contributed by atoms with Crippen molar-refractivity contribution in [2.24, 2.45) is 0 Å². The molecule has 1 aromatic carbocycles. The smallest absolute Gasteiger partial charge is 0.255 e. The third kappa shape index (κ3) is 3.68. The van der Waals surface area contributed by atoms with Crippen molar-refractivity contribution in [1.29, 1.82) is 0 Å². The summed E-state index contributed by atoms with van der Waals surface area (Å²) in [6.07, 6.45) is 2.45. The fourth-order valence-electron chi connectivity index (χ4n) is 1.30. The van der Waals surface area contributed by atoms with Crippen LogP contribution in [0.4, 0.5) is 5.69 Å². The highest BCUT2D eigenvalue weighted by atomic mass is 32.2. The lowest BCUT2D eigenvalue weighted by molar-refractivity contribution is 0.126. The van der Waals surface area contributed by atoms with E-state index in [4.69, 9.17) is 14.9 Å². The molecule has 0 aliphatic carbocycles. The second kappa shape index (κ2) is 6.32. The fourth-order valence-corrected chi connectivity index (χ4v) is 1.99. The quantitative estimate of drug-likeness (QED) is 0.613. The number of aromatic nitrogens is 1. The highest BCUT2D eigenvalue weighted by molar-refractivity contribution is 7.99. The number of thioether (sulfide) groups is 1. The average molecular weight is 266 g/mol. The van der Waals surface area contributed by atoms with E-state index in [0.717, 1.165) is 0 Å². The molecular weight excluding hydrogens is 252 g/mol. The van der Waals surface area contributed by atoms with Crippen molar-refractivity contribution in [3.05, 3.63) is 36.7 Å². The Labute approximate surface area is 109 Å². The zero-order chi connectivity index (χ0) is 12.8. The summed E-state index contributed by atoms with van der Waals surface area (Å²) >= 11 is 1.34. The van der Waals surface area contributed by atoms with E-state index in [9.17, 15) is 5.11 Å². The minimum atomic E-state index is -0.610. The van der Waals surface area contributed by atoms with Gasteiger partial charge in [-0.15, -0.1) is 0 Å². The van der Waals surface area contributed by atoms with Gasteiger partial charge in [0.25, 0.3) is 5.22 Å². The van der Waals surface area contributed by atoms with Crippen LogP contribution in [0.25, 0.3) is 0 Å². The number of benzene rings is 1. The Morgan fingerprint density at radius 3 is 3.00 bits per heavy atom. The average Bonchev–Trinajstić information content (AvgIpc) is 2.88. The van der Waals surface area contributed by atoms with Crippen molar-refractivity contribution < 1.29 is 14.3 Å². The summed E-state index contributed by atoms with van der Waals surface area (Å²) in [5, 5.41) is 10.3. The number of para-hydroxylation sites is 2. The Balaban J connectivity index is 1.75. The van der Waals surface area contributed by atoms with Gasteiger partial charge in [-0.1, -0.05) is 23.9 Å². The second-order valence-electron chi connectivity index (χ2n) is 3.61. The fraction of sp³-hybridized carbons (Fsp3) is 0.250. The van der Waals surface area contributed by atoms with Gasteiger partial charge in [0.1, 0.15) is 18.6 Å². The van der Waals surface area contributed by atoms with Gasteiger partial charge in [-0.25, -0.2) is 4.98 Å². The highest BCUT2D eigenvalue weighted by Crippen LogP contribution is 2.21. The molecule has 1 unspecified atom stereocenters. The molecule has 2 aromatic rings. The first kappa shape index (κ1) is 12.8. The van der Waals surface area contributed by atoms with Gasteiger partial charge in [0.15, 0.2) is 0 Å². The number of ether oxygens (including phenoxy) is 1. The number of nitrogens with two attached hydrogens (primary N) is 1. The summed E-state index contributed by atoms with van der Waals surface area (Å²) in [6.45, 7) is 0.182. The number of nitrogen functional groups attached to an aromatic ring is 1. The van der Waals surface area contributed by atoms with E-state index in [1.807, 2.05) is 12.1 Å². The van der Waals surface area contributed by atoms with E-state index < -0.39 is 6.10 Å². The van der Waals surface area contributed by atoms with E-state index in [2.05, 4.69) is 4.98 Å². The second-order valence-corrected chi connectivity index (χ2v) is 4.58. The normalized spacial score (nSPS) is 12.3. The maximum Gasteiger partial charge on any atom is 0.255 e. The summed E-state index contributed by atoms with van der Waals surface area (Å²) < 4.78 is 10.5. The predicted octanol–water partition coefficient (Wildman–Crippen LogP) is 1.79. The molecule has 1 atom stereocenters. The molecule has 3 N–H and O–H groups in total. The molecule has 0 bridgehead atoms. The SMILES string of the molecule is Nc1ccccc1OCC(O)CSc1ncco1. The molecule has 5 nitrogen and oxygen atoms in total. The van der Waals surface area contributed by atoms with Crippen LogP contribution in [0.5, 0.6) is 5.75 Å². The molecule has 0 radical (unpaired) electrons. The van der Waals surface area contributed by atoms with Crippen LogP contribution in [0.2, 0.25) is 0 Å². The molecule has 2 rings (SSSR count). The minimum Gasteiger partial charge on any atom is -0.489 e. The van der Waals surface area contributed by atoms with Gasteiger partial charge < -0.3 is 20.0 Å². The summed E-state index contributed by atoms with van der Waals surface area (Å²) in [6, 6.07) is 7.18. The molecule has 1 heterocycles. The molecule has 0 saturated carbocycles. The maximum absolute atomic E-state index is 9.74. The molecule has 18 heavy (non-hydrogen) atoms. The first-order valence-electron chi connectivity index (χ1n) is 5.43. The number of rotatable bonds is 6. The Morgan fingerprint density at radius 2 is 2.28 bits per heavy atom. The molecule has 0 aliphatic heterocycles. The summed E-state index contributed by atoms with van der Waals surface area (Å²) in [4.78, 5) is 3.94. The first-order chi connectivity index (χ1) is 8.75. The maximum atomic E-state index is 9.74. The number of aliphatic hydroxyl groups is 1. The molecule has 0 fully saturated rings. The minimum absolute atomic E-state index is 0.182. The van der Waals surface area contributed by atoms with Gasteiger partial charge >= 0.3 is 0 Å². The zero-order valence-electron chi connectivity index (χ0n) is 9.65. The monoisotopic (exact) mass is 266 g/mol. The van der Waals surface area contributed by atoms with Gasteiger partial charge in [-0.2, -0.15) is 0 Å². The third-order valence-electron chi connectivity index (χ3n) is 2.16. The van der Waals surface area contributed by atoms with Crippen LogP contribution in [0.15, 0.2) is 46.4 Å². The van der Waals surface area contributed by atoms with Crippen LogP contribution in [-0.4, -0.2) is 28.6 Å². The summed E-state index contributed by atoms with van der Waals surface area (Å²) in [5.41, 5.74) is 6.28. The largest absolute Gasteiger partial charge is 0.489 e. The van der Waals surface area contributed by atoms with Crippen molar-refractivity contribution in [2.45, 2.75) is 11.3 Å². The number of nitrogens with zero attached hydrogens (tertiary/aromatic N) is 1. The van der Waals surface area contributed by atoms with Crippen LogP contribution in [0.3, 0.4) is 0 Å². The lowest BCUT2D eigenvalue weighted by Gasteiger charge is -2.12. The van der Waals surface area contributed by atoms with Crippen molar-refractivity contribution in [2.75, 3.05) is 18.1 Å². The zero-order valence-corrected chi connectivity index (χ0v) is 10.5. The van der Waals surface area contributed by atoms with Crippen LogP contribution >= 0.6 is 11.8 Å².